The van der Waals surface area contributed by atoms with Crippen LogP contribution in [0.4, 0.5) is 0 Å². The zero-order chi connectivity index (χ0) is 24.2. The molecule has 1 aliphatic rings. The van der Waals surface area contributed by atoms with Crippen molar-refractivity contribution in [2.45, 2.75) is 19.8 Å². The van der Waals surface area contributed by atoms with E-state index in [4.69, 9.17) is 9.84 Å². The Hall–Kier alpha value is -4.14. The van der Waals surface area contributed by atoms with E-state index in [2.05, 4.69) is 9.97 Å². The number of H-pyrrole nitrogens is 1. The first kappa shape index (κ1) is 23.0. The van der Waals surface area contributed by atoms with Crippen LogP contribution in [0.2, 0.25) is 0 Å². The lowest BCUT2D eigenvalue weighted by molar-refractivity contribution is -0.146. The van der Waals surface area contributed by atoms with Gasteiger partial charge in [0.2, 0.25) is 0 Å². The summed E-state index contributed by atoms with van der Waals surface area (Å²) in [6.07, 6.45) is 0.900. The van der Waals surface area contributed by atoms with Crippen molar-refractivity contribution in [3.8, 4) is 34.0 Å². The summed E-state index contributed by atoms with van der Waals surface area (Å²) in [6, 6.07) is 13.8. The summed E-state index contributed by atoms with van der Waals surface area (Å²) >= 11 is 0. The molecule has 176 valence electrons. The average molecular weight is 463 g/mol. The summed E-state index contributed by atoms with van der Waals surface area (Å²) in [5.41, 5.74) is 2.71. The van der Waals surface area contributed by atoms with Crippen molar-refractivity contribution in [3.05, 3.63) is 64.6 Å². The van der Waals surface area contributed by atoms with E-state index in [9.17, 15) is 19.5 Å². The van der Waals surface area contributed by atoms with Crippen LogP contribution < -0.4 is 10.4 Å². The number of benzene rings is 2. The summed E-state index contributed by atoms with van der Waals surface area (Å²) in [4.78, 5) is 44.0. The quantitative estimate of drug-likeness (QED) is 0.512. The summed E-state index contributed by atoms with van der Waals surface area (Å²) in [7, 11) is 0. The van der Waals surface area contributed by atoms with Crippen LogP contribution in [0.3, 0.4) is 0 Å². The molecular formula is C25H25N3O6. The molecule has 9 nitrogen and oxygen atoms in total. The van der Waals surface area contributed by atoms with Gasteiger partial charge in [-0.05, 0) is 79.4 Å². The minimum atomic E-state index is -0.815. The van der Waals surface area contributed by atoms with Gasteiger partial charge < -0.3 is 24.8 Å². The fourth-order valence-corrected chi connectivity index (χ4v) is 3.92. The number of aromatic hydroxyl groups is 1. The minimum absolute atomic E-state index is 0.131. The number of nitrogens with one attached hydrogen (secondary N) is 1. The highest BCUT2D eigenvalue weighted by molar-refractivity contribution is 5.78. The second-order valence-corrected chi connectivity index (χ2v) is 8.29. The third kappa shape index (κ3) is 5.25. The molecule has 0 saturated carbocycles. The van der Waals surface area contributed by atoms with E-state index in [1.165, 1.54) is 0 Å². The van der Waals surface area contributed by atoms with Crippen LogP contribution in [0.15, 0.2) is 53.3 Å². The lowest BCUT2D eigenvalue weighted by atomic mass is 9.97. The van der Waals surface area contributed by atoms with E-state index in [-0.39, 0.29) is 18.3 Å². The maximum absolute atomic E-state index is 12.4. The molecule has 3 aromatic rings. The van der Waals surface area contributed by atoms with E-state index in [1.54, 1.807) is 60.4 Å². The van der Waals surface area contributed by atoms with Gasteiger partial charge in [-0.15, -0.1) is 0 Å². The van der Waals surface area contributed by atoms with Gasteiger partial charge in [0.25, 0.3) is 5.91 Å². The Balaban J connectivity index is 1.41. The molecule has 1 fully saturated rings. The number of carbonyl (C=O) groups is 2. The highest BCUT2D eigenvalue weighted by atomic mass is 16.5. The molecule has 34 heavy (non-hydrogen) atoms. The fourth-order valence-electron chi connectivity index (χ4n) is 3.92. The number of aromatic nitrogens is 2. The molecule has 2 heterocycles. The zero-order valence-electron chi connectivity index (χ0n) is 18.7. The second-order valence-electron chi connectivity index (χ2n) is 8.29. The second kappa shape index (κ2) is 9.78. The van der Waals surface area contributed by atoms with Gasteiger partial charge in [-0.3, -0.25) is 9.59 Å². The van der Waals surface area contributed by atoms with Gasteiger partial charge >= 0.3 is 11.7 Å². The van der Waals surface area contributed by atoms with Crippen LogP contribution in [0.25, 0.3) is 22.5 Å². The standard InChI is InChI=1S/C25H25N3O6/c1-15-12-18(4-7-22(15)29)21-13-20(26-25(33)27-21)16-2-5-19(6-3-16)34-14-23(30)28-10-8-17(9-11-28)24(31)32/h2-7,12-13,17,29H,8-11,14H2,1H3,(H,31,32)(H,26,27,33). The SMILES string of the molecule is Cc1cc(-c2cc(-c3ccc(OCC(=O)N4CCC(C(=O)O)CC4)cc3)[nH]c(=O)n2)ccc1O. The largest absolute Gasteiger partial charge is 0.508 e. The smallest absolute Gasteiger partial charge is 0.345 e. The van der Waals surface area contributed by atoms with Gasteiger partial charge in [-0.25, -0.2) is 4.79 Å². The molecule has 9 heteroatoms. The lowest BCUT2D eigenvalue weighted by Crippen LogP contribution is -2.42. The van der Waals surface area contributed by atoms with E-state index >= 15 is 0 Å². The van der Waals surface area contributed by atoms with Crippen molar-refractivity contribution < 1.29 is 24.5 Å². The first-order chi connectivity index (χ1) is 16.3. The van der Waals surface area contributed by atoms with Crippen LogP contribution in [0.1, 0.15) is 18.4 Å². The van der Waals surface area contributed by atoms with Crippen molar-refractivity contribution in [1.29, 1.82) is 0 Å². The van der Waals surface area contributed by atoms with E-state index in [0.717, 1.165) is 5.56 Å². The molecular weight excluding hydrogens is 438 g/mol. The molecule has 0 spiro atoms. The van der Waals surface area contributed by atoms with E-state index in [0.29, 0.717) is 54.2 Å². The van der Waals surface area contributed by atoms with Gasteiger partial charge in [0.1, 0.15) is 11.5 Å². The maximum atomic E-state index is 12.4. The third-order valence-corrected chi connectivity index (χ3v) is 5.96. The third-order valence-electron chi connectivity index (χ3n) is 5.96. The Morgan fingerprint density at radius 1 is 1.09 bits per heavy atom. The number of hydrogen-bond acceptors (Lipinski definition) is 6. The number of piperidine rings is 1. The number of aliphatic carboxylic acids is 1. The number of carbonyl (C=O) groups excluding carboxylic acids is 1. The number of phenolic OH excluding ortho intramolecular Hbond substituents is 1. The van der Waals surface area contributed by atoms with Crippen LogP contribution in [0, 0.1) is 12.8 Å². The Morgan fingerprint density at radius 3 is 2.41 bits per heavy atom. The Bertz CT molecular complexity index is 1260. The number of rotatable bonds is 6. The van der Waals surface area contributed by atoms with Crippen LogP contribution in [-0.4, -0.2) is 56.7 Å². The van der Waals surface area contributed by atoms with Crippen molar-refractivity contribution in [1.82, 2.24) is 14.9 Å². The van der Waals surface area contributed by atoms with E-state index in [1.807, 2.05) is 0 Å². The maximum Gasteiger partial charge on any atom is 0.345 e. The van der Waals surface area contributed by atoms with E-state index < -0.39 is 17.6 Å². The predicted molar refractivity (Wildman–Crippen MR) is 125 cm³/mol. The van der Waals surface area contributed by atoms with Gasteiger partial charge in [0.05, 0.1) is 17.3 Å². The number of carboxylic acid groups (broad SMARTS) is 1. The monoisotopic (exact) mass is 463 g/mol. The predicted octanol–water partition coefficient (Wildman–Crippen LogP) is 2.82. The molecule has 0 unspecified atom stereocenters. The lowest BCUT2D eigenvalue weighted by Gasteiger charge is -2.30. The molecule has 2 aromatic carbocycles. The average Bonchev–Trinajstić information content (AvgIpc) is 2.84. The molecule has 0 bridgehead atoms. The molecule has 1 aromatic heterocycles. The van der Waals surface area contributed by atoms with Crippen molar-refractivity contribution >= 4 is 11.9 Å². The number of aromatic amines is 1. The number of nitrogens with zero attached hydrogens (tertiary/aromatic N) is 2. The van der Waals surface area contributed by atoms with Gasteiger partial charge in [0.15, 0.2) is 6.61 Å². The minimum Gasteiger partial charge on any atom is -0.508 e. The fraction of sp³-hybridized carbons (Fsp3) is 0.280. The molecule has 3 N–H and O–H groups in total. The number of carboxylic acids is 1. The molecule has 1 saturated heterocycles. The topological polar surface area (TPSA) is 133 Å². The molecule has 1 amide bonds. The summed E-state index contributed by atoms with van der Waals surface area (Å²) in [5, 5.41) is 18.8. The Morgan fingerprint density at radius 2 is 1.76 bits per heavy atom. The van der Waals surface area contributed by atoms with Crippen molar-refractivity contribution in [2.24, 2.45) is 5.92 Å². The Kier molecular flexibility index (Phi) is 6.62. The normalized spacial score (nSPS) is 14.1. The number of aryl methyl sites for hydroxylation is 1. The van der Waals surface area contributed by atoms with Gasteiger partial charge in [-0.2, -0.15) is 4.98 Å². The number of amides is 1. The van der Waals surface area contributed by atoms with Crippen LogP contribution in [0.5, 0.6) is 11.5 Å². The van der Waals surface area contributed by atoms with Crippen molar-refractivity contribution in [2.75, 3.05) is 19.7 Å². The molecule has 1 aliphatic heterocycles. The molecule has 0 aliphatic carbocycles. The molecule has 0 radical (unpaired) electrons. The zero-order valence-corrected chi connectivity index (χ0v) is 18.7. The Labute approximate surface area is 195 Å². The first-order valence-electron chi connectivity index (χ1n) is 11.0. The number of likely N-dealkylation sites (tertiary alicyclic amines) is 1. The van der Waals surface area contributed by atoms with Crippen LogP contribution >= 0.6 is 0 Å². The number of ether oxygens (including phenoxy) is 1. The van der Waals surface area contributed by atoms with Gasteiger partial charge in [-0.1, -0.05) is 0 Å². The number of phenols is 1. The molecule has 4 rings (SSSR count). The highest BCUT2D eigenvalue weighted by Crippen LogP contribution is 2.27. The molecule has 0 atom stereocenters. The first-order valence-corrected chi connectivity index (χ1v) is 11.0. The van der Waals surface area contributed by atoms with Crippen LogP contribution in [-0.2, 0) is 9.59 Å². The summed E-state index contributed by atoms with van der Waals surface area (Å²) in [6.45, 7) is 2.47. The summed E-state index contributed by atoms with van der Waals surface area (Å²) < 4.78 is 5.61. The van der Waals surface area contributed by atoms with Gasteiger partial charge in [0, 0.05) is 18.7 Å². The van der Waals surface area contributed by atoms with Crippen molar-refractivity contribution in [3.63, 3.8) is 0 Å². The highest BCUT2D eigenvalue weighted by Gasteiger charge is 2.27. The number of hydrogen-bond donors (Lipinski definition) is 3. The summed E-state index contributed by atoms with van der Waals surface area (Å²) in [5.74, 6) is -0.712.